The molecule has 0 atom stereocenters. The Balaban J connectivity index is 1.68. The molecule has 0 aliphatic carbocycles. The molecule has 190 valence electrons. The summed E-state index contributed by atoms with van der Waals surface area (Å²) in [5.41, 5.74) is 1.23. The normalized spacial score (nSPS) is 16.5. The summed E-state index contributed by atoms with van der Waals surface area (Å²) in [6, 6.07) is 13.9. The first-order valence-electron chi connectivity index (χ1n) is 11.9. The van der Waals surface area contributed by atoms with Crippen molar-refractivity contribution in [3.05, 3.63) is 59.7 Å². The Morgan fingerprint density at radius 1 is 0.771 bits per heavy atom. The van der Waals surface area contributed by atoms with Crippen molar-refractivity contribution in [1.82, 2.24) is 4.90 Å². The maximum absolute atomic E-state index is 13.5. The van der Waals surface area contributed by atoms with Gasteiger partial charge >= 0.3 is 0 Å². The van der Waals surface area contributed by atoms with Crippen molar-refractivity contribution in [3.8, 4) is 5.75 Å². The molecule has 2 amide bonds. The van der Waals surface area contributed by atoms with Gasteiger partial charge in [0, 0.05) is 18.8 Å². The second-order valence-corrected chi connectivity index (χ2v) is 7.70. The van der Waals surface area contributed by atoms with Crippen LogP contribution in [-0.4, -0.2) is 89.3 Å². The number of nitrogens with one attached hydrogen (secondary N) is 1. The molecule has 35 heavy (non-hydrogen) atoms. The van der Waals surface area contributed by atoms with Crippen LogP contribution in [0.3, 0.4) is 0 Å². The summed E-state index contributed by atoms with van der Waals surface area (Å²) in [7, 11) is 0. The van der Waals surface area contributed by atoms with Gasteiger partial charge < -0.3 is 33.9 Å². The highest BCUT2D eigenvalue weighted by Gasteiger charge is 2.22. The van der Waals surface area contributed by atoms with Crippen LogP contribution in [0.2, 0.25) is 0 Å². The molecule has 9 heteroatoms. The number of nitrogens with zero attached hydrogens (tertiary/aromatic N) is 1. The second kappa shape index (κ2) is 15.1. The Morgan fingerprint density at radius 2 is 1.29 bits per heavy atom. The van der Waals surface area contributed by atoms with Gasteiger partial charge in [0.25, 0.3) is 11.8 Å². The Hall–Kier alpha value is -2.98. The minimum atomic E-state index is -0.363. The molecule has 2 aromatic rings. The van der Waals surface area contributed by atoms with E-state index in [0.717, 1.165) is 5.75 Å². The lowest BCUT2D eigenvalue weighted by Gasteiger charge is -2.24. The van der Waals surface area contributed by atoms with Gasteiger partial charge in [0.15, 0.2) is 0 Å². The van der Waals surface area contributed by atoms with Gasteiger partial charge in [-0.15, -0.1) is 0 Å². The minimum absolute atomic E-state index is 0.258. The van der Waals surface area contributed by atoms with Crippen LogP contribution in [0.4, 0.5) is 5.69 Å². The molecule has 0 aromatic heterocycles. The molecule has 1 aliphatic heterocycles. The van der Waals surface area contributed by atoms with Crippen molar-refractivity contribution in [2.24, 2.45) is 0 Å². The third kappa shape index (κ3) is 8.95. The Labute approximate surface area is 206 Å². The fraction of sp³-hybridized carbons (Fsp3) is 0.462. The first-order valence-corrected chi connectivity index (χ1v) is 11.9. The third-order valence-electron chi connectivity index (χ3n) is 5.24. The molecule has 0 bridgehead atoms. The van der Waals surface area contributed by atoms with Gasteiger partial charge in [-0.2, -0.15) is 0 Å². The van der Waals surface area contributed by atoms with Gasteiger partial charge in [-0.3, -0.25) is 9.59 Å². The maximum atomic E-state index is 13.5. The SMILES string of the molecule is CCOc1ccc(NC(=O)c2ccccc2C(=O)N2CCOCCOCCOCCOCC2)cc1. The van der Waals surface area contributed by atoms with Gasteiger partial charge in [-0.1, -0.05) is 12.1 Å². The largest absolute Gasteiger partial charge is 0.494 e. The molecule has 1 N–H and O–H groups in total. The summed E-state index contributed by atoms with van der Waals surface area (Å²) in [6.07, 6.45) is 0. The molecule has 1 heterocycles. The van der Waals surface area contributed by atoms with Gasteiger partial charge in [-0.05, 0) is 43.3 Å². The lowest BCUT2D eigenvalue weighted by molar-refractivity contribution is 0.00206. The zero-order valence-corrected chi connectivity index (χ0v) is 20.2. The van der Waals surface area contributed by atoms with Gasteiger partial charge in [0.05, 0.1) is 70.6 Å². The van der Waals surface area contributed by atoms with E-state index >= 15 is 0 Å². The minimum Gasteiger partial charge on any atom is -0.494 e. The molecule has 1 aliphatic rings. The number of rotatable bonds is 5. The smallest absolute Gasteiger partial charge is 0.256 e. The number of anilines is 1. The molecule has 1 fully saturated rings. The molecular weight excluding hydrogens is 452 g/mol. The summed E-state index contributed by atoms with van der Waals surface area (Å²) in [6.45, 7) is 6.71. The molecule has 0 radical (unpaired) electrons. The zero-order chi connectivity index (χ0) is 24.7. The summed E-state index contributed by atoms with van der Waals surface area (Å²) < 4.78 is 27.6. The van der Waals surface area contributed by atoms with Gasteiger partial charge in [-0.25, -0.2) is 0 Å². The quantitative estimate of drug-likeness (QED) is 0.694. The lowest BCUT2D eigenvalue weighted by Crippen LogP contribution is -2.38. The van der Waals surface area contributed by atoms with Crippen LogP contribution >= 0.6 is 0 Å². The van der Waals surface area contributed by atoms with E-state index < -0.39 is 0 Å². The number of ether oxygens (including phenoxy) is 5. The van der Waals surface area contributed by atoms with Crippen molar-refractivity contribution in [2.45, 2.75) is 6.92 Å². The van der Waals surface area contributed by atoms with Crippen molar-refractivity contribution in [1.29, 1.82) is 0 Å². The Bertz CT molecular complexity index is 904. The van der Waals surface area contributed by atoms with Crippen LogP contribution in [0.1, 0.15) is 27.6 Å². The molecule has 2 aromatic carbocycles. The van der Waals surface area contributed by atoms with Crippen LogP contribution in [0.5, 0.6) is 5.75 Å². The second-order valence-electron chi connectivity index (χ2n) is 7.70. The first-order chi connectivity index (χ1) is 17.2. The van der Waals surface area contributed by atoms with Crippen LogP contribution in [-0.2, 0) is 18.9 Å². The molecular formula is C26H34N2O7. The molecule has 9 nitrogen and oxygen atoms in total. The monoisotopic (exact) mass is 486 g/mol. The predicted octanol–water partition coefficient (Wildman–Crippen LogP) is 2.86. The average Bonchev–Trinajstić information content (AvgIpc) is 2.89. The first kappa shape index (κ1) is 26.6. The van der Waals surface area contributed by atoms with Crippen molar-refractivity contribution in [2.75, 3.05) is 77.9 Å². The van der Waals surface area contributed by atoms with Crippen LogP contribution < -0.4 is 10.1 Å². The number of carbonyl (C=O) groups is 2. The standard InChI is InChI=1S/C26H34N2O7/c1-2-35-22-9-7-21(8-10-22)27-25(29)23-5-3-4-6-24(23)26(30)28-11-13-31-15-17-33-19-20-34-18-16-32-14-12-28/h3-10H,2,11-20H2,1H3,(H,27,29). The van der Waals surface area contributed by atoms with E-state index in [-0.39, 0.29) is 11.8 Å². The van der Waals surface area contributed by atoms with Crippen molar-refractivity contribution < 1.29 is 33.3 Å². The van der Waals surface area contributed by atoms with Gasteiger partial charge in [0.2, 0.25) is 0 Å². The highest BCUT2D eigenvalue weighted by Crippen LogP contribution is 2.18. The number of amides is 2. The average molecular weight is 487 g/mol. The van der Waals surface area contributed by atoms with E-state index in [1.54, 1.807) is 53.4 Å². The Kier molecular flexibility index (Phi) is 11.5. The topological polar surface area (TPSA) is 95.6 Å². The summed E-state index contributed by atoms with van der Waals surface area (Å²) >= 11 is 0. The summed E-state index contributed by atoms with van der Waals surface area (Å²) in [5.74, 6) is 0.102. The highest BCUT2D eigenvalue weighted by atomic mass is 16.6. The number of hydrogen-bond donors (Lipinski definition) is 1. The fourth-order valence-corrected chi connectivity index (χ4v) is 3.46. The highest BCUT2D eigenvalue weighted by molar-refractivity contribution is 6.12. The van der Waals surface area contributed by atoms with Crippen LogP contribution in [0, 0.1) is 0 Å². The van der Waals surface area contributed by atoms with E-state index in [9.17, 15) is 9.59 Å². The molecule has 0 saturated carbocycles. The molecule has 0 spiro atoms. The van der Waals surface area contributed by atoms with Crippen LogP contribution in [0.25, 0.3) is 0 Å². The number of hydrogen-bond acceptors (Lipinski definition) is 7. The summed E-state index contributed by atoms with van der Waals surface area (Å²) in [4.78, 5) is 28.2. The maximum Gasteiger partial charge on any atom is 0.256 e. The van der Waals surface area contributed by atoms with E-state index in [4.69, 9.17) is 23.7 Å². The zero-order valence-electron chi connectivity index (χ0n) is 20.2. The van der Waals surface area contributed by atoms with Crippen molar-refractivity contribution >= 4 is 17.5 Å². The molecule has 1 saturated heterocycles. The van der Waals surface area contributed by atoms with Gasteiger partial charge in [0.1, 0.15) is 5.75 Å². The number of benzene rings is 2. The predicted molar refractivity (Wildman–Crippen MR) is 131 cm³/mol. The molecule has 3 rings (SSSR count). The Morgan fingerprint density at radius 3 is 1.83 bits per heavy atom. The van der Waals surface area contributed by atoms with E-state index in [1.165, 1.54) is 0 Å². The number of carbonyl (C=O) groups excluding carboxylic acids is 2. The van der Waals surface area contributed by atoms with Crippen molar-refractivity contribution in [3.63, 3.8) is 0 Å². The summed E-state index contributed by atoms with van der Waals surface area (Å²) in [5, 5.41) is 2.86. The molecule has 0 unspecified atom stereocenters. The fourth-order valence-electron chi connectivity index (χ4n) is 3.46. The third-order valence-corrected chi connectivity index (χ3v) is 5.24. The lowest BCUT2D eigenvalue weighted by atomic mass is 10.1. The van der Waals surface area contributed by atoms with E-state index in [2.05, 4.69) is 5.32 Å². The van der Waals surface area contributed by atoms with Crippen LogP contribution in [0.15, 0.2) is 48.5 Å². The van der Waals surface area contributed by atoms with E-state index in [0.29, 0.717) is 89.4 Å². The van der Waals surface area contributed by atoms with E-state index in [1.807, 2.05) is 6.92 Å².